The standard InChI is InChI=1S/C24H30Cl2N2O2.ClH/c1-3-13-30-20-8-6-7-19(16-20)23(17-28-11-4-5-12-28)27(2)24(29)15-18-9-10-21(25)22(26)14-18;/h6-10,14,16,23H,3-5,11-13,15,17H2,1-2H3;1H. The number of ether oxygens (including phenoxy) is 1. The second-order valence-corrected chi connectivity index (χ2v) is 8.69. The Morgan fingerprint density at radius 2 is 1.87 bits per heavy atom. The Balaban J connectivity index is 0.00000341. The summed E-state index contributed by atoms with van der Waals surface area (Å²) in [6, 6.07) is 13.5. The minimum absolute atomic E-state index is 0. The van der Waals surface area contributed by atoms with E-state index >= 15 is 0 Å². The average Bonchev–Trinajstić information content (AvgIpc) is 3.26. The molecule has 1 aliphatic heterocycles. The first kappa shape index (κ1) is 25.8. The van der Waals surface area contributed by atoms with E-state index < -0.39 is 0 Å². The quantitative estimate of drug-likeness (QED) is 0.434. The molecule has 0 spiro atoms. The SMILES string of the molecule is CCCOc1cccc(C(CN2CCCC2)N(C)C(=O)Cc2ccc(Cl)c(Cl)c2)c1.Cl. The van der Waals surface area contributed by atoms with Crippen molar-refractivity contribution in [1.82, 2.24) is 9.80 Å². The summed E-state index contributed by atoms with van der Waals surface area (Å²) in [4.78, 5) is 17.5. The van der Waals surface area contributed by atoms with Crippen molar-refractivity contribution in [3.05, 3.63) is 63.6 Å². The Kier molecular flexibility index (Phi) is 10.4. The van der Waals surface area contributed by atoms with Crippen LogP contribution >= 0.6 is 35.6 Å². The van der Waals surface area contributed by atoms with E-state index in [4.69, 9.17) is 27.9 Å². The van der Waals surface area contributed by atoms with Crippen molar-refractivity contribution >= 4 is 41.5 Å². The second kappa shape index (κ2) is 12.5. The van der Waals surface area contributed by atoms with Gasteiger partial charge in [0.1, 0.15) is 5.75 Å². The van der Waals surface area contributed by atoms with Crippen LogP contribution in [0.4, 0.5) is 0 Å². The number of hydrogen-bond acceptors (Lipinski definition) is 3. The fourth-order valence-electron chi connectivity index (χ4n) is 3.82. The van der Waals surface area contributed by atoms with E-state index in [1.54, 1.807) is 12.1 Å². The first-order valence-electron chi connectivity index (χ1n) is 10.6. The van der Waals surface area contributed by atoms with Crippen LogP contribution in [-0.4, -0.2) is 49.0 Å². The van der Waals surface area contributed by atoms with Gasteiger partial charge in [-0.2, -0.15) is 0 Å². The number of carbonyl (C=O) groups is 1. The average molecular weight is 486 g/mol. The number of rotatable bonds is 9. The molecule has 31 heavy (non-hydrogen) atoms. The highest BCUT2D eigenvalue weighted by atomic mass is 35.5. The zero-order valence-corrected chi connectivity index (χ0v) is 20.5. The molecule has 0 aliphatic carbocycles. The first-order valence-corrected chi connectivity index (χ1v) is 11.4. The molecule has 0 N–H and O–H groups in total. The third-order valence-electron chi connectivity index (χ3n) is 5.55. The molecule has 7 heteroatoms. The molecule has 0 radical (unpaired) electrons. The molecule has 2 aromatic rings. The van der Waals surface area contributed by atoms with Crippen molar-refractivity contribution in [2.75, 3.05) is 33.3 Å². The third-order valence-corrected chi connectivity index (χ3v) is 6.28. The fourth-order valence-corrected chi connectivity index (χ4v) is 4.14. The van der Waals surface area contributed by atoms with E-state index in [2.05, 4.69) is 24.0 Å². The number of carbonyl (C=O) groups excluding carboxylic acids is 1. The van der Waals surface area contributed by atoms with Crippen molar-refractivity contribution in [3.63, 3.8) is 0 Å². The molecule has 2 aromatic carbocycles. The van der Waals surface area contributed by atoms with E-state index in [9.17, 15) is 4.79 Å². The maximum Gasteiger partial charge on any atom is 0.227 e. The van der Waals surface area contributed by atoms with Gasteiger partial charge in [-0.25, -0.2) is 0 Å². The Morgan fingerprint density at radius 3 is 2.55 bits per heavy atom. The number of benzene rings is 2. The van der Waals surface area contributed by atoms with Gasteiger partial charge in [-0.15, -0.1) is 12.4 Å². The van der Waals surface area contributed by atoms with Crippen LogP contribution in [0.2, 0.25) is 10.0 Å². The van der Waals surface area contributed by atoms with Crippen molar-refractivity contribution < 1.29 is 9.53 Å². The summed E-state index contributed by atoms with van der Waals surface area (Å²) in [6.07, 6.45) is 3.68. The van der Waals surface area contributed by atoms with Gasteiger partial charge in [-0.1, -0.05) is 48.3 Å². The zero-order valence-electron chi connectivity index (χ0n) is 18.2. The molecule has 1 atom stereocenters. The summed E-state index contributed by atoms with van der Waals surface area (Å²) < 4.78 is 5.83. The summed E-state index contributed by atoms with van der Waals surface area (Å²) >= 11 is 12.1. The number of halogens is 3. The molecule has 170 valence electrons. The van der Waals surface area contributed by atoms with Crippen LogP contribution in [0.3, 0.4) is 0 Å². The lowest BCUT2D eigenvalue weighted by atomic mass is 10.0. The molecule has 0 saturated carbocycles. The lowest BCUT2D eigenvalue weighted by Gasteiger charge is -2.32. The van der Waals surface area contributed by atoms with Crippen LogP contribution in [0, 0.1) is 0 Å². The van der Waals surface area contributed by atoms with Gasteiger partial charge in [0.15, 0.2) is 0 Å². The smallest absolute Gasteiger partial charge is 0.227 e. The molecule has 1 heterocycles. The highest BCUT2D eigenvalue weighted by Gasteiger charge is 2.26. The van der Waals surface area contributed by atoms with Crippen LogP contribution in [0.5, 0.6) is 5.75 Å². The van der Waals surface area contributed by atoms with E-state index in [0.29, 0.717) is 16.7 Å². The van der Waals surface area contributed by atoms with Gasteiger partial charge in [-0.05, 0) is 67.7 Å². The fraction of sp³-hybridized carbons (Fsp3) is 0.458. The number of likely N-dealkylation sites (N-methyl/N-ethyl adjacent to an activating group) is 1. The molecule has 1 fully saturated rings. The normalized spacial score (nSPS) is 14.7. The minimum atomic E-state index is -0.0384. The number of nitrogens with zero attached hydrogens (tertiary/aromatic N) is 2. The van der Waals surface area contributed by atoms with Crippen molar-refractivity contribution in [2.45, 2.75) is 38.6 Å². The van der Waals surface area contributed by atoms with Gasteiger partial charge in [0.05, 0.1) is 29.1 Å². The lowest BCUT2D eigenvalue weighted by molar-refractivity contribution is -0.131. The highest BCUT2D eigenvalue weighted by molar-refractivity contribution is 6.42. The maximum absolute atomic E-state index is 13.2. The summed E-state index contributed by atoms with van der Waals surface area (Å²) in [7, 11) is 1.89. The predicted molar refractivity (Wildman–Crippen MR) is 131 cm³/mol. The number of likely N-dealkylation sites (tertiary alicyclic amines) is 1. The summed E-state index contributed by atoms with van der Waals surface area (Å²) in [5, 5.41) is 0.969. The number of amides is 1. The molecule has 3 rings (SSSR count). The van der Waals surface area contributed by atoms with Crippen molar-refractivity contribution in [1.29, 1.82) is 0 Å². The summed E-state index contributed by atoms with van der Waals surface area (Å²) in [5.74, 6) is 0.906. The van der Waals surface area contributed by atoms with Crippen LogP contribution < -0.4 is 4.74 Å². The Morgan fingerprint density at radius 1 is 1.13 bits per heavy atom. The molecule has 4 nitrogen and oxygen atoms in total. The van der Waals surface area contributed by atoms with Gasteiger partial charge in [-0.3, -0.25) is 4.79 Å². The van der Waals surface area contributed by atoms with Crippen LogP contribution in [0.1, 0.15) is 43.4 Å². The summed E-state index contributed by atoms with van der Waals surface area (Å²) in [6.45, 7) is 5.76. The third kappa shape index (κ3) is 7.28. The number of hydrogen-bond donors (Lipinski definition) is 0. The summed E-state index contributed by atoms with van der Waals surface area (Å²) in [5.41, 5.74) is 1.96. The Bertz CT molecular complexity index is 856. The molecular weight excluding hydrogens is 455 g/mol. The largest absolute Gasteiger partial charge is 0.494 e. The van der Waals surface area contributed by atoms with Gasteiger partial charge in [0, 0.05) is 13.6 Å². The lowest BCUT2D eigenvalue weighted by Crippen LogP contribution is -2.39. The molecule has 1 amide bonds. The van der Waals surface area contributed by atoms with Crippen molar-refractivity contribution in [3.8, 4) is 5.75 Å². The van der Waals surface area contributed by atoms with Gasteiger partial charge < -0.3 is 14.5 Å². The van der Waals surface area contributed by atoms with E-state index in [1.807, 2.05) is 30.1 Å². The maximum atomic E-state index is 13.2. The predicted octanol–water partition coefficient (Wildman–Crippen LogP) is 6.04. The Labute approximate surface area is 201 Å². The second-order valence-electron chi connectivity index (χ2n) is 7.87. The minimum Gasteiger partial charge on any atom is -0.494 e. The van der Waals surface area contributed by atoms with Crippen LogP contribution in [0.25, 0.3) is 0 Å². The molecular formula is C24H31Cl3N2O2. The molecule has 0 aromatic heterocycles. The topological polar surface area (TPSA) is 32.8 Å². The van der Waals surface area contributed by atoms with Crippen LogP contribution in [0.15, 0.2) is 42.5 Å². The molecule has 1 unspecified atom stereocenters. The van der Waals surface area contributed by atoms with Gasteiger partial charge in [0.25, 0.3) is 0 Å². The molecule has 1 aliphatic rings. The highest BCUT2D eigenvalue weighted by Crippen LogP contribution is 2.28. The monoisotopic (exact) mass is 484 g/mol. The Hall–Kier alpha value is -1.46. The van der Waals surface area contributed by atoms with Gasteiger partial charge >= 0.3 is 0 Å². The van der Waals surface area contributed by atoms with Gasteiger partial charge in [0.2, 0.25) is 5.91 Å². The van der Waals surface area contributed by atoms with Crippen molar-refractivity contribution in [2.24, 2.45) is 0 Å². The van der Waals surface area contributed by atoms with E-state index in [0.717, 1.165) is 42.9 Å². The zero-order chi connectivity index (χ0) is 21.5. The molecule has 1 saturated heterocycles. The van der Waals surface area contributed by atoms with E-state index in [-0.39, 0.29) is 30.8 Å². The van der Waals surface area contributed by atoms with E-state index in [1.165, 1.54) is 12.8 Å². The first-order chi connectivity index (χ1) is 14.5. The molecule has 0 bridgehead atoms. The van der Waals surface area contributed by atoms with Crippen LogP contribution in [-0.2, 0) is 11.2 Å².